The van der Waals surface area contributed by atoms with Crippen molar-refractivity contribution >= 4 is 23.3 Å². The van der Waals surface area contributed by atoms with E-state index >= 15 is 0 Å². The largest absolute Gasteiger partial charge is 0.440 e. The van der Waals surface area contributed by atoms with E-state index in [4.69, 9.17) is 13.9 Å². The predicted molar refractivity (Wildman–Crippen MR) is 89.8 cm³/mol. The number of ether oxygens (including phenoxy) is 1. The molecule has 0 spiro atoms. The molecule has 3 rings (SSSR count). The number of nitrogens with two attached hydrogens (primary N) is 1. The molecule has 2 N–H and O–H groups in total. The summed E-state index contributed by atoms with van der Waals surface area (Å²) in [5.41, 5.74) is 6.54. The Balaban J connectivity index is 0.000000595. The molecule has 0 saturated carbocycles. The van der Waals surface area contributed by atoms with Gasteiger partial charge in [0.25, 0.3) is 0 Å². The molecule has 1 aliphatic rings. The lowest BCUT2D eigenvalue weighted by Crippen LogP contribution is -2.41. The van der Waals surface area contributed by atoms with E-state index in [1.54, 1.807) is 0 Å². The summed E-state index contributed by atoms with van der Waals surface area (Å²) >= 11 is 0. The van der Waals surface area contributed by atoms with Crippen LogP contribution in [0.5, 0.6) is 0 Å². The van der Waals surface area contributed by atoms with Crippen molar-refractivity contribution in [2.24, 2.45) is 5.73 Å². The van der Waals surface area contributed by atoms with Crippen molar-refractivity contribution in [2.45, 2.75) is 26.9 Å². The van der Waals surface area contributed by atoms with Crippen molar-refractivity contribution < 1.29 is 13.9 Å². The highest BCUT2D eigenvalue weighted by Gasteiger charge is 2.22. The Morgan fingerprint density at radius 3 is 2.70 bits per heavy atom. The molecule has 1 aliphatic heterocycles. The fraction of sp³-hybridized carbons (Fsp3) is 0.412. The van der Waals surface area contributed by atoms with Gasteiger partial charge in [-0.25, -0.2) is 0 Å². The van der Waals surface area contributed by atoms with Crippen LogP contribution in [0.15, 0.2) is 27.4 Å². The van der Waals surface area contributed by atoms with Gasteiger partial charge in [0, 0.05) is 13.1 Å². The average molecular weight is 318 g/mol. The first kappa shape index (κ1) is 17.0. The standard InChI is InChI=1S/C16H19NO3.CH3NO/c1-10-5-4-6-13-14(10)15(18)12(3)16(20-13)17-7-8-19-11(2)9-17;2-1-3/h4-6,11H,7-9H2,1-3H3;1H,(H2,2,3)/t11-;/m1./s1. The zero-order valence-electron chi connectivity index (χ0n) is 13.7. The SMILES string of the molecule is Cc1c(N2CCO[C@H](C)C2)oc2cccc(C)c2c1=O.NC=O. The Morgan fingerprint density at radius 1 is 1.35 bits per heavy atom. The van der Waals surface area contributed by atoms with E-state index in [0.717, 1.165) is 18.7 Å². The number of hydrogen-bond donors (Lipinski definition) is 1. The summed E-state index contributed by atoms with van der Waals surface area (Å²) in [5, 5.41) is 0.690. The van der Waals surface area contributed by atoms with Crippen LogP contribution in [-0.4, -0.2) is 32.2 Å². The number of morpholine rings is 1. The van der Waals surface area contributed by atoms with Crippen molar-refractivity contribution in [3.05, 3.63) is 39.5 Å². The van der Waals surface area contributed by atoms with Gasteiger partial charge in [0.1, 0.15) is 5.58 Å². The molecule has 1 atom stereocenters. The van der Waals surface area contributed by atoms with Crippen molar-refractivity contribution in [1.29, 1.82) is 0 Å². The Bertz CT molecular complexity index is 754. The lowest BCUT2D eigenvalue weighted by Gasteiger charge is -2.32. The number of primary amides is 1. The molecule has 2 aromatic rings. The van der Waals surface area contributed by atoms with Gasteiger partial charge >= 0.3 is 0 Å². The van der Waals surface area contributed by atoms with Crippen LogP contribution in [0.1, 0.15) is 18.1 Å². The topological polar surface area (TPSA) is 85.8 Å². The number of fused-ring (bicyclic) bond motifs is 1. The molecule has 1 saturated heterocycles. The molecular weight excluding hydrogens is 296 g/mol. The van der Waals surface area contributed by atoms with E-state index in [1.807, 2.05) is 39.0 Å². The number of aryl methyl sites for hydroxylation is 1. The van der Waals surface area contributed by atoms with Gasteiger partial charge in [0.2, 0.25) is 12.3 Å². The number of rotatable bonds is 1. The van der Waals surface area contributed by atoms with E-state index in [0.29, 0.717) is 29.0 Å². The first-order chi connectivity index (χ1) is 11.0. The molecule has 124 valence electrons. The maximum Gasteiger partial charge on any atom is 0.204 e. The number of anilines is 1. The molecule has 6 heteroatoms. The van der Waals surface area contributed by atoms with Gasteiger partial charge in [-0.05, 0) is 32.4 Å². The molecule has 0 radical (unpaired) electrons. The third kappa shape index (κ3) is 3.53. The molecular formula is C17H22N2O4. The number of carbonyl (C=O) groups excluding carboxylic acids is 1. The average Bonchev–Trinajstić information content (AvgIpc) is 2.51. The van der Waals surface area contributed by atoms with Crippen molar-refractivity contribution in [3.63, 3.8) is 0 Å². The summed E-state index contributed by atoms with van der Waals surface area (Å²) in [7, 11) is 0. The number of carbonyl (C=O) groups is 1. The zero-order chi connectivity index (χ0) is 17.0. The van der Waals surface area contributed by atoms with Crippen LogP contribution in [-0.2, 0) is 9.53 Å². The van der Waals surface area contributed by atoms with Crippen LogP contribution >= 0.6 is 0 Å². The normalized spacial score (nSPS) is 17.5. The summed E-state index contributed by atoms with van der Waals surface area (Å²) < 4.78 is 11.6. The molecule has 0 bridgehead atoms. The van der Waals surface area contributed by atoms with E-state index in [9.17, 15) is 4.79 Å². The second-order valence-corrected chi connectivity index (χ2v) is 5.57. The summed E-state index contributed by atoms with van der Waals surface area (Å²) in [4.78, 5) is 23.3. The Morgan fingerprint density at radius 2 is 2.04 bits per heavy atom. The van der Waals surface area contributed by atoms with Gasteiger partial charge < -0.3 is 19.8 Å². The fourth-order valence-corrected chi connectivity index (χ4v) is 2.79. The van der Waals surface area contributed by atoms with Crippen molar-refractivity contribution in [1.82, 2.24) is 0 Å². The third-order valence-corrected chi connectivity index (χ3v) is 3.86. The van der Waals surface area contributed by atoms with Gasteiger partial charge in [-0.3, -0.25) is 9.59 Å². The highest BCUT2D eigenvalue weighted by molar-refractivity contribution is 5.82. The van der Waals surface area contributed by atoms with Crippen LogP contribution in [0.25, 0.3) is 11.0 Å². The Hall–Kier alpha value is -2.34. The highest BCUT2D eigenvalue weighted by atomic mass is 16.5. The molecule has 23 heavy (non-hydrogen) atoms. The van der Waals surface area contributed by atoms with Crippen LogP contribution in [0.2, 0.25) is 0 Å². The number of nitrogens with zero attached hydrogens (tertiary/aromatic N) is 1. The first-order valence-corrected chi connectivity index (χ1v) is 7.54. The Labute approximate surface area is 134 Å². The molecule has 1 aromatic heterocycles. The van der Waals surface area contributed by atoms with E-state index in [-0.39, 0.29) is 17.9 Å². The zero-order valence-corrected chi connectivity index (χ0v) is 13.7. The third-order valence-electron chi connectivity index (χ3n) is 3.86. The minimum absolute atomic E-state index is 0.0681. The van der Waals surface area contributed by atoms with Crippen molar-refractivity contribution in [2.75, 3.05) is 24.6 Å². The molecule has 6 nitrogen and oxygen atoms in total. The minimum Gasteiger partial charge on any atom is -0.440 e. The monoisotopic (exact) mass is 318 g/mol. The summed E-state index contributed by atoms with van der Waals surface area (Å²) in [6.07, 6.45) is 0.404. The summed E-state index contributed by atoms with van der Waals surface area (Å²) in [5.74, 6) is 0.684. The smallest absolute Gasteiger partial charge is 0.204 e. The van der Waals surface area contributed by atoms with E-state index in [2.05, 4.69) is 10.6 Å². The second-order valence-electron chi connectivity index (χ2n) is 5.57. The molecule has 0 aliphatic carbocycles. The molecule has 1 fully saturated rings. The van der Waals surface area contributed by atoms with Gasteiger partial charge in [0.05, 0.1) is 23.7 Å². The van der Waals surface area contributed by atoms with Gasteiger partial charge in [-0.15, -0.1) is 0 Å². The lowest BCUT2D eigenvalue weighted by atomic mass is 10.1. The highest BCUT2D eigenvalue weighted by Crippen LogP contribution is 2.26. The van der Waals surface area contributed by atoms with Crippen LogP contribution in [0.3, 0.4) is 0 Å². The van der Waals surface area contributed by atoms with Gasteiger partial charge in [0.15, 0.2) is 5.43 Å². The lowest BCUT2D eigenvalue weighted by molar-refractivity contribution is -0.106. The maximum absolute atomic E-state index is 12.6. The summed E-state index contributed by atoms with van der Waals surface area (Å²) in [6, 6.07) is 5.72. The minimum atomic E-state index is 0.0681. The fourth-order valence-electron chi connectivity index (χ4n) is 2.79. The maximum atomic E-state index is 12.6. The van der Waals surface area contributed by atoms with Crippen LogP contribution in [0.4, 0.5) is 5.88 Å². The van der Waals surface area contributed by atoms with Crippen LogP contribution in [0, 0.1) is 13.8 Å². The molecule has 1 amide bonds. The summed E-state index contributed by atoms with van der Waals surface area (Å²) in [6.45, 7) is 7.98. The molecule has 0 unspecified atom stereocenters. The van der Waals surface area contributed by atoms with Gasteiger partial charge in [-0.1, -0.05) is 12.1 Å². The second kappa shape index (κ2) is 7.28. The number of hydrogen-bond acceptors (Lipinski definition) is 5. The van der Waals surface area contributed by atoms with Gasteiger partial charge in [-0.2, -0.15) is 0 Å². The van der Waals surface area contributed by atoms with E-state index in [1.165, 1.54) is 0 Å². The van der Waals surface area contributed by atoms with E-state index < -0.39 is 0 Å². The number of amides is 1. The quantitative estimate of drug-likeness (QED) is 0.809. The molecule has 1 aromatic carbocycles. The number of benzene rings is 1. The first-order valence-electron chi connectivity index (χ1n) is 7.54. The molecule has 2 heterocycles. The predicted octanol–water partition coefficient (Wildman–Crippen LogP) is 1.74. The van der Waals surface area contributed by atoms with Crippen molar-refractivity contribution in [3.8, 4) is 0 Å². The van der Waals surface area contributed by atoms with Crippen LogP contribution < -0.4 is 16.1 Å². The Kier molecular flexibility index (Phi) is 5.39.